The SMILES string of the molecule is Cc1cc(C=C(COc2cccc3ccccc23)C(=O)NCc2cccs2)ccc1C(=O)O. The van der Waals surface area contributed by atoms with Gasteiger partial charge >= 0.3 is 5.97 Å². The Morgan fingerprint density at radius 3 is 2.61 bits per heavy atom. The number of carboxylic acid groups (broad SMARTS) is 1. The van der Waals surface area contributed by atoms with E-state index in [1.54, 1.807) is 42.5 Å². The number of carbonyl (C=O) groups is 2. The van der Waals surface area contributed by atoms with Crippen LogP contribution in [0.25, 0.3) is 16.8 Å². The molecule has 33 heavy (non-hydrogen) atoms. The number of aromatic carboxylic acids is 1. The Balaban J connectivity index is 1.60. The first-order chi connectivity index (χ1) is 16.0. The molecule has 0 saturated heterocycles. The average molecular weight is 458 g/mol. The standard InChI is InChI=1S/C27H23NO4S/c1-18-14-19(11-12-23(18)27(30)31)15-21(26(29)28-16-22-8-5-13-33-22)17-32-25-10-4-7-20-6-2-3-9-24(20)25/h2-15H,16-17H2,1H3,(H,28,29)(H,30,31). The van der Waals surface area contributed by atoms with Crippen molar-refractivity contribution in [1.82, 2.24) is 5.32 Å². The quantitative estimate of drug-likeness (QED) is 0.334. The second kappa shape index (κ2) is 10.1. The van der Waals surface area contributed by atoms with Crippen LogP contribution in [0, 0.1) is 6.92 Å². The molecule has 0 fully saturated rings. The van der Waals surface area contributed by atoms with Crippen molar-refractivity contribution >= 4 is 40.1 Å². The molecule has 3 aromatic carbocycles. The van der Waals surface area contributed by atoms with Gasteiger partial charge in [-0.25, -0.2) is 4.79 Å². The van der Waals surface area contributed by atoms with E-state index in [1.165, 1.54) is 0 Å². The fraction of sp³-hybridized carbons (Fsp3) is 0.111. The van der Waals surface area contributed by atoms with Crippen molar-refractivity contribution in [3.8, 4) is 5.75 Å². The van der Waals surface area contributed by atoms with E-state index in [2.05, 4.69) is 5.32 Å². The van der Waals surface area contributed by atoms with Gasteiger partial charge in [-0.3, -0.25) is 4.79 Å². The molecule has 0 saturated carbocycles. The van der Waals surface area contributed by atoms with Gasteiger partial charge in [0.2, 0.25) is 0 Å². The highest BCUT2D eigenvalue weighted by atomic mass is 32.1. The van der Waals surface area contributed by atoms with Crippen molar-refractivity contribution in [1.29, 1.82) is 0 Å². The number of hydrogen-bond acceptors (Lipinski definition) is 4. The molecule has 0 aliphatic rings. The molecule has 166 valence electrons. The van der Waals surface area contributed by atoms with Crippen molar-refractivity contribution in [2.75, 3.05) is 6.61 Å². The molecule has 4 aromatic rings. The van der Waals surface area contributed by atoms with Crippen LogP contribution in [-0.2, 0) is 11.3 Å². The number of hydrogen-bond donors (Lipinski definition) is 2. The first-order valence-electron chi connectivity index (χ1n) is 10.5. The Hall–Kier alpha value is -3.90. The van der Waals surface area contributed by atoms with Gasteiger partial charge in [0.25, 0.3) is 5.91 Å². The second-order valence-corrected chi connectivity index (χ2v) is 8.61. The molecule has 1 heterocycles. The van der Waals surface area contributed by atoms with Gasteiger partial charge in [-0.2, -0.15) is 0 Å². The average Bonchev–Trinajstić information content (AvgIpc) is 3.33. The highest BCUT2D eigenvalue weighted by molar-refractivity contribution is 7.09. The number of benzene rings is 3. The van der Waals surface area contributed by atoms with Gasteiger partial charge in [-0.05, 0) is 53.1 Å². The number of carbonyl (C=O) groups excluding carboxylic acids is 1. The van der Waals surface area contributed by atoms with Gasteiger partial charge in [-0.1, -0.05) is 54.6 Å². The van der Waals surface area contributed by atoms with Crippen LogP contribution in [0.2, 0.25) is 0 Å². The van der Waals surface area contributed by atoms with Crippen LogP contribution in [-0.4, -0.2) is 23.6 Å². The minimum Gasteiger partial charge on any atom is -0.488 e. The van der Waals surface area contributed by atoms with Crippen LogP contribution in [0.3, 0.4) is 0 Å². The van der Waals surface area contributed by atoms with E-state index in [9.17, 15) is 14.7 Å². The molecule has 6 heteroatoms. The number of fused-ring (bicyclic) bond motifs is 1. The highest BCUT2D eigenvalue weighted by Gasteiger charge is 2.13. The Bertz CT molecular complexity index is 1320. The van der Waals surface area contributed by atoms with E-state index in [1.807, 2.05) is 60.0 Å². The van der Waals surface area contributed by atoms with E-state index in [0.717, 1.165) is 21.2 Å². The number of carboxylic acids is 1. The maximum atomic E-state index is 13.0. The molecule has 0 unspecified atom stereocenters. The van der Waals surface area contributed by atoms with Crippen molar-refractivity contribution in [2.24, 2.45) is 0 Å². The van der Waals surface area contributed by atoms with Crippen LogP contribution in [0.15, 0.2) is 83.7 Å². The number of nitrogens with one attached hydrogen (secondary N) is 1. The van der Waals surface area contributed by atoms with Gasteiger partial charge in [0.1, 0.15) is 12.4 Å². The Morgan fingerprint density at radius 2 is 1.85 bits per heavy atom. The van der Waals surface area contributed by atoms with Crippen molar-refractivity contribution in [2.45, 2.75) is 13.5 Å². The molecule has 0 bridgehead atoms. The molecule has 1 amide bonds. The molecule has 0 aliphatic heterocycles. The van der Waals surface area contributed by atoms with Crippen LogP contribution in [0.5, 0.6) is 5.75 Å². The minimum atomic E-state index is -0.976. The molecule has 2 N–H and O–H groups in total. The third-order valence-electron chi connectivity index (χ3n) is 5.25. The summed E-state index contributed by atoms with van der Waals surface area (Å²) >= 11 is 1.58. The number of ether oxygens (including phenoxy) is 1. The fourth-order valence-electron chi connectivity index (χ4n) is 3.56. The van der Waals surface area contributed by atoms with E-state index in [-0.39, 0.29) is 18.1 Å². The summed E-state index contributed by atoms with van der Waals surface area (Å²) in [5.41, 5.74) is 2.05. The molecular formula is C27H23NO4S. The maximum Gasteiger partial charge on any atom is 0.335 e. The lowest BCUT2D eigenvalue weighted by Crippen LogP contribution is -2.26. The third-order valence-corrected chi connectivity index (χ3v) is 6.13. The van der Waals surface area contributed by atoms with Crippen LogP contribution in [0.4, 0.5) is 0 Å². The Morgan fingerprint density at radius 1 is 1.03 bits per heavy atom. The summed E-state index contributed by atoms with van der Waals surface area (Å²) in [7, 11) is 0. The summed E-state index contributed by atoms with van der Waals surface area (Å²) in [5.74, 6) is -0.512. The first kappa shape index (κ1) is 22.3. The summed E-state index contributed by atoms with van der Waals surface area (Å²) in [5, 5.41) is 16.2. The van der Waals surface area contributed by atoms with E-state index in [0.29, 0.717) is 23.4 Å². The largest absolute Gasteiger partial charge is 0.488 e. The Kier molecular flexibility index (Phi) is 6.86. The molecular weight excluding hydrogens is 434 g/mol. The van der Waals surface area contributed by atoms with E-state index in [4.69, 9.17) is 4.74 Å². The lowest BCUT2D eigenvalue weighted by atomic mass is 10.0. The van der Waals surface area contributed by atoms with E-state index >= 15 is 0 Å². The fourth-order valence-corrected chi connectivity index (χ4v) is 4.21. The zero-order valence-electron chi connectivity index (χ0n) is 18.1. The van der Waals surface area contributed by atoms with Gasteiger partial charge in [0.05, 0.1) is 17.7 Å². The normalized spacial score (nSPS) is 11.4. The molecule has 0 radical (unpaired) electrons. The van der Waals surface area contributed by atoms with Crippen molar-refractivity contribution in [3.63, 3.8) is 0 Å². The first-order valence-corrected chi connectivity index (χ1v) is 11.3. The lowest BCUT2D eigenvalue weighted by molar-refractivity contribution is -0.117. The zero-order chi connectivity index (χ0) is 23.2. The van der Waals surface area contributed by atoms with Gasteiger partial charge in [0, 0.05) is 10.3 Å². The number of amides is 1. The summed E-state index contributed by atoms with van der Waals surface area (Å²) in [6.07, 6.45) is 1.74. The van der Waals surface area contributed by atoms with Crippen LogP contribution < -0.4 is 10.1 Å². The summed E-state index contributed by atoms with van der Waals surface area (Å²) in [6.45, 7) is 2.24. The topological polar surface area (TPSA) is 75.6 Å². The lowest BCUT2D eigenvalue weighted by Gasteiger charge is -2.13. The highest BCUT2D eigenvalue weighted by Crippen LogP contribution is 2.26. The molecule has 5 nitrogen and oxygen atoms in total. The smallest absolute Gasteiger partial charge is 0.335 e. The predicted molar refractivity (Wildman–Crippen MR) is 132 cm³/mol. The predicted octanol–water partition coefficient (Wildman–Crippen LogP) is 5.69. The monoisotopic (exact) mass is 457 g/mol. The number of aryl methyl sites for hydroxylation is 1. The summed E-state index contributed by atoms with van der Waals surface area (Å²) in [6, 6.07) is 22.7. The zero-order valence-corrected chi connectivity index (χ0v) is 18.9. The van der Waals surface area contributed by atoms with Crippen LogP contribution in [0.1, 0.15) is 26.4 Å². The van der Waals surface area contributed by atoms with Crippen LogP contribution >= 0.6 is 11.3 Å². The molecule has 1 aromatic heterocycles. The molecule has 4 rings (SSSR count). The third kappa shape index (κ3) is 5.48. The minimum absolute atomic E-state index is 0.0734. The molecule has 0 spiro atoms. The van der Waals surface area contributed by atoms with Gasteiger partial charge in [0.15, 0.2) is 0 Å². The van der Waals surface area contributed by atoms with Crippen molar-refractivity contribution in [3.05, 3.63) is 105 Å². The second-order valence-electron chi connectivity index (χ2n) is 7.58. The summed E-state index contributed by atoms with van der Waals surface area (Å²) < 4.78 is 6.08. The Labute approximate surface area is 196 Å². The molecule has 0 atom stereocenters. The van der Waals surface area contributed by atoms with Gasteiger partial charge < -0.3 is 15.2 Å². The number of thiophene rings is 1. The maximum absolute atomic E-state index is 13.0. The van der Waals surface area contributed by atoms with Crippen molar-refractivity contribution < 1.29 is 19.4 Å². The van der Waals surface area contributed by atoms with E-state index < -0.39 is 5.97 Å². The van der Waals surface area contributed by atoms with Gasteiger partial charge in [-0.15, -0.1) is 11.3 Å². The molecule has 0 aliphatic carbocycles. The number of rotatable bonds is 8. The summed E-state index contributed by atoms with van der Waals surface area (Å²) in [4.78, 5) is 25.4.